The van der Waals surface area contributed by atoms with Crippen molar-refractivity contribution in [3.63, 3.8) is 0 Å². The summed E-state index contributed by atoms with van der Waals surface area (Å²) in [7, 11) is 0. The Morgan fingerprint density at radius 1 is 1.42 bits per heavy atom. The molecule has 0 fully saturated rings. The van der Waals surface area contributed by atoms with Crippen LogP contribution in [0.25, 0.3) is 6.08 Å². The van der Waals surface area contributed by atoms with Gasteiger partial charge in [0.1, 0.15) is 5.75 Å². The molecule has 1 aromatic rings. The zero-order chi connectivity index (χ0) is 18.2. The molecular weight excluding hydrogens is 372 g/mol. The number of carbonyl (C=O) groups is 1. The smallest absolute Gasteiger partial charge is 0.430 e. The monoisotopic (exact) mass is 384 g/mol. The van der Waals surface area contributed by atoms with E-state index < -0.39 is 23.8 Å². The van der Waals surface area contributed by atoms with E-state index in [4.69, 9.17) is 37.8 Å². The second-order valence-electron chi connectivity index (χ2n) is 5.56. The molecule has 1 aromatic carbocycles. The Kier molecular flexibility index (Phi) is 5.25. The van der Waals surface area contributed by atoms with Crippen LogP contribution in [0.3, 0.4) is 0 Å². The number of carboxylic acid groups (broad SMARTS) is 1. The predicted octanol–water partition coefficient (Wildman–Crippen LogP) is 4.82. The summed E-state index contributed by atoms with van der Waals surface area (Å²) in [4.78, 5) is 11.2. The highest BCUT2D eigenvalue weighted by Gasteiger charge is 2.48. The van der Waals surface area contributed by atoms with Crippen LogP contribution in [0.4, 0.5) is 13.2 Å². The van der Waals surface area contributed by atoms with Crippen LogP contribution in [0.5, 0.6) is 11.5 Å². The molecule has 0 aliphatic carbocycles. The summed E-state index contributed by atoms with van der Waals surface area (Å²) < 4.78 is 49.3. The third kappa shape index (κ3) is 3.72. The van der Waals surface area contributed by atoms with Gasteiger partial charge in [0.2, 0.25) is 6.10 Å². The molecule has 2 rings (SSSR count). The van der Waals surface area contributed by atoms with Gasteiger partial charge in [-0.05, 0) is 12.0 Å². The van der Waals surface area contributed by atoms with Gasteiger partial charge >= 0.3 is 12.1 Å². The Labute approximate surface area is 145 Å². The first-order valence-corrected chi connectivity index (χ1v) is 7.61. The Morgan fingerprint density at radius 3 is 2.54 bits per heavy atom. The number of rotatable bonds is 4. The van der Waals surface area contributed by atoms with Crippen molar-refractivity contribution in [2.75, 3.05) is 6.61 Å². The predicted molar refractivity (Wildman–Crippen MR) is 82.9 cm³/mol. The summed E-state index contributed by atoms with van der Waals surface area (Å²) in [6, 6.07) is 1.13. The molecule has 0 aromatic heterocycles. The molecule has 1 heterocycles. The fraction of sp³-hybridized carbons (Fsp3) is 0.400. The first kappa shape index (κ1) is 18.7. The maximum atomic E-state index is 13.0. The second kappa shape index (κ2) is 6.72. The van der Waals surface area contributed by atoms with Crippen LogP contribution < -0.4 is 9.47 Å². The Hall–Kier alpha value is -1.60. The molecule has 9 heteroatoms. The standard InChI is InChI=1S/C15H13Cl2F3O4/c1-6(2)5-23-12-9(16)4-10-7(11(12)17)3-8(14(21)22)13(24-10)15(18,19)20/h3-4,6,13H,5H2,1-2H3,(H,21,22). The van der Waals surface area contributed by atoms with Gasteiger partial charge in [-0.1, -0.05) is 37.0 Å². The van der Waals surface area contributed by atoms with Gasteiger partial charge < -0.3 is 14.6 Å². The largest absolute Gasteiger partial charge is 0.490 e. The molecule has 0 bridgehead atoms. The molecule has 0 radical (unpaired) electrons. The fourth-order valence-corrected chi connectivity index (χ4v) is 2.65. The highest BCUT2D eigenvalue weighted by atomic mass is 35.5. The van der Waals surface area contributed by atoms with Crippen LogP contribution in [0.15, 0.2) is 11.6 Å². The molecular formula is C15H13Cl2F3O4. The van der Waals surface area contributed by atoms with Crippen molar-refractivity contribution in [1.29, 1.82) is 0 Å². The van der Waals surface area contributed by atoms with Gasteiger partial charge in [0.25, 0.3) is 0 Å². The number of halogens is 5. The summed E-state index contributed by atoms with van der Waals surface area (Å²) in [6.45, 7) is 4.05. The second-order valence-corrected chi connectivity index (χ2v) is 6.35. The summed E-state index contributed by atoms with van der Waals surface area (Å²) in [5, 5.41) is 8.92. The van der Waals surface area contributed by atoms with Crippen LogP contribution in [0.2, 0.25) is 10.0 Å². The van der Waals surface area contributed by atoms with Crippen molar-refractivity contribution in [2.24, 2.45) is 5.92 Å². The maximum Gasteiger partial charge on any atom is 0.430 e. The summed E-state index contributed by atoms with van der Waals surface area (Å²) in [6.07, 6.45) is -6.66. The van der Waals surface area contributed by atoms with E-state index in [1.165, 1.54) is 0 Å². The van der Waals surface area contributed by atoms with Crippen LogP contribution >= 0.6 is 23.2 Å². The van der Waals surface area contributed by atoms with Crippen molar-refractivity contribution in [1.82, 2.24) is 0 Å². The quantitative estimate of drug-likeness (QED) is 0.808. The van der Waals surface area contributed by atoms with E-state index in [1.54, 1.807) is 0 Å². The lowest BCUT2D eigenvalue weighted by molar-refractivity contribution is -0.187. The van der Waals surface area contributed by atoms with E-state index in [1.807, 2.05) is 13.8 Å². The van der Waals surface area contributed by atoms with Gasteiger partial charge in [-0.2, -0.15) is 13.2 Å². The van der Waals surface area contributed by atoms with Crippen LogP contribution in [0.1, 0.15) is 19.4 Å². The lowest BCUT2D eigenvalue weighted by Crippen LogP contribution is -2.40. The molecule has 24 heavy (non-hydrogen) atoms. The number of fused-ring (bicyclic) bond motifs is 1. The molecule has 1 aliphatic rings. The molecule has 1 N–H and O–H groups in total. The molecule has 4 nitrogen and oxygen atoms in total. The van der Waals surface area contributed by atoms with Crippen molar-refractivity contribution >= 4 is 35.2 Å². The number of hydrogen-bond donors (Lipinski definition) is 1. The Morgan fingerprint density at radius 2 is 2.04 bits per heavy atom. The van der Waals surface area contributed by atoms with Crippen molar-refractivity contribution < 1.29 is 32.5 Å². The average molecular weight is 385 g/mol. The zero-order valence-corrected chi connectivity index (χ0v) is 14.1. The minimum atomic E-state index is -4.90. The lowest BCUT2D eigenvalue weighted by Gasteiger charge is -2.28. The molecule has 0 saturated heterocycles. The van der Waals surface area contributed by atoms with Crippen LogP contribution in [-0.4, -0.2) is 30.0 Å². The number of benzene rings is 1. The fourth-order valence-electron chi connectivity index (χ4n) is 2.05. The van der Waals surface area contributed by atoms with E-state index in [0.29, 0.717) is 0 Å². The first-order chi connectivity index (χ1) is 11.0. The summed E-state index contributed by atoms with van der Waals surface area (Å²) in [5.41, 5.74) is -0.980. The van der Waals surface area contributed by atoms with Crippen LogP contribution in [-0.2, 0) is 4.79 Å². The van der Waals surface area contributed by atoms with Gasteiger partial charge in [-0.15, -0.1) is 0 Å². The lowest BCUT2D eigenvalue weighted by atomic mass is 10.0. The van der Waals surface area contributed by atoms with E-state index in [0.717, 1.165) is 12.1 Å². The van der Waals surface area contributed by atoms with E-state index >= 15 is 0 Å². The first-order valence-electron chi connectivity index (χ1n) is 6.85. The topological polar surface area (TPSA) is 55.8 Å². The number of aliphatic carboxylic acids is 1. The van der Waals surface area contributed by atoms with E-state index in [-0.39, 0.29) is 39.6 Å². The van der Waals surface area contributed by atoms with Gasteiger partial charge in [-0.25, -0.2) is 4.79 Å². The minimum Gasteiger partial charge on any atom is -0.490 e. The Balaban J connectivity index is 2.54. The van der Waals surface area contributed by atoms with Crippen molar-refractivity contribution in [3.05, 3.63) is 27.2 Å². The number of alkyl halides is 3. The van der Waals surface area contributed by atoms with Crippen LogP contribution in [0, 0.1) is 5.92 Å². The van der Waals surface area contributed by atoms with E-state index in [9.17, 15) is 18.0 Å². The van der Waals surface area contributed by atoms with Gasteiger partial charge in [0.05, 0.1) is 22.2 Å². The molecule has 132 valence electrons. The zero-order valence-electron chi connectivity index (χ0n) is 12.6. The number of carboxylic acids is 1. The third-order valence-corrected chi connectivity index (χ3v) is 3.76. The normalized spacial score (nSPS) is 17.2. The maximum absolute atomic E-state index is 13.0. The number of hydrogen-bond acceptors (Lipinski definition) is 3. The Bertz CT molecular complexity index is 699. The molecule has 0 spiro atoms. The van der Waals surface area contributed by atoms with Crippen molar-refractivity contribution in [3.8, 4) is 11.5 Å². The summed E-state index contributed by atoms with van der Waals surface area (Å²) in [5.74, 6) is -1.78. The molecule has 1 aliphatic heterocycles. The van der Waals surface area contributed by atoms with Gasteiger partial charge in [0.15, 0.2) is 5.75 Å². The van der Waals surface area contributed by atoms with Crippen molar-refractivity contribution in [2.45, 2.75) is 26.1 Å². The highest BCUT2D eigenvalue weighted by molar-refractivity contribution is 6.38. The molecule has 1 unspecified atom stereocenters. The van der Waals surface area contributed by atoms with E-state index in [2.05, 4.69) is 0 Å². The van der Waals surface area contributed by atoms with Gasteiger partial charge in [0, 0.05) is 11.6 Å². The summed E-state index contributed by atoms with van der Waals surface area (Å²) >= 11 is 12.1. The molecule has 0 saturated carbocycles. The average Bonchev–Trinajstić information content (AvgIpc) is 2.44. The molecule has 1 atom stereocenters. The number of ether oxygens (including phenoxy) is 2. The minimum absolute atomic E-state index is 0.0160. The third-order valence-electron chi connectivity index (χ3n) is 3.11. The SMILES string of the molecule is CC(C)COc1c(Cl)cc2c(c1Cl)C=C(C(=O)O)C(C(F)(F)F)O2. The highest BCUT2D eigenvalue weighted by Crippen LogP contribution is 2.46. The van der Waals surface area contributed by atoms with Gasteiger partial charge in [-0.3, -0.25) is 0 Å². The molecule has 0 amide bonds.